The topological polar surface area (TPSA) is 100 Å². The van der Waals surface area contributed by atoms with E-state index in [1.54, 1.807) is 43.5 Å². The minimum Gasteiger partial charge on any atom is -0.493 e. The molecule has 0 aromatic heterocycles. The molecule has 0 aliphatic rings. The zero-order valence-corrected chi connectivity index (χ0v) is 17.4. The number of rotatable bonds is 10. The summed E-state index contributed by atoms with van der Waals surface area (Å²) in [7, 11) is 3.07. The first-order chi connectivity index (χ1) is 14.3. The lowest BCUT2D eigenvalue weighted by Gasteiger charge is -2.15. The lowest BCUT2D eigenvalue weighted by molar-refractivity contribution is -0.156. The van der Waals surface area contributed by atoms with E-state index in [1.807, 2.05) is 0 Å². The molecule has 0 aliphatic heterocycles. The van der Waals surface area contributed by atoms with Crippen LogP contribution in [0.5, 0.6) is 17.2 Å². The van der Waals surface area contributed by atoms with Gasteiger partial charge in [0.2, 0.25) is 0 Å². The van der Waals surface area contributed by atoms with Crippen LogP contribution in [-0.4, -0.2) is 44.6 Å². The van der Waals surface area contributed by atoms with Crippen LogP contribution in [0, 0.1) is 0 Å². The van der Waals surface area contributed by atoms with Gasteiger partial charge in [-0.05, 0) is 43.7 Å². The molecule has 1 amide bonds. The summed E-state index contributed by atoms with van der Waals surface area (Å²) >= 11 is 0. The molecule has 0 radical (unpaired) electrons. The van der Waals surface area contributed by atoms with Crippen LogP contribution in [0.1, 0.15) is 29.8 Å². The summed E-state index contributed by atoms with van der Waals surface area (Å²) in [6, 6.07) is 11.7. The normalized spacial score (nSPS) is 11.2. The van der Waals surface area contributed by atoms with Gasteiger partial charge in [0, 0.05) is 12.1 Å². The quantitative estimate of drug-likeness (QED) is 0.470. The number of ether oxygens (including phenoxy) is 4. The second-order valence-corrected chi connectivity index (χ2v) is 6.41. The zero-order valence-electron chi connectivity index (χ0n) is 17.4. The first-order valence-corrected chi connectivity index (χ1v) is 9.26. The fourth-order valence-electron chi connectivity index (χ4n) is 2.56. The molecule has 0 spiro atoms. The molecule has 0 fully saturated rings. The number of hydrogen-bond donors (Lipinski definition) is 1. The maximum atomic E-state index is 12.2. The summed E-state index contributed by atoms with van der Waals surface area (Å²) in [5.41, 5.74) is 1.27. The van der Waals surface area contributed by atoms with E-state index in [0.717, 1.165) is 5.56 Å². The average molecular weight is 415 g/mol. The van der Waals surface area contributed by atoms with Crippen LogP contribution >= 0.6 is 0 Å². The van der Waals surface area contributed by atoms with Gasteiger partial charge in [0.25, 0.3) is 5.91 Å². The van der Waals surface area contributed by atoms with Gasteiger partial charge in [0.15, 0.2) is 30.0 Å². The van der Waals surface area contributed by atoms with Crippen molar-refractivity contribution in [3.63, 3.8) is 0 Å². The van der Waals surface area contributed by atoms with Gasteiger partial charge in [-0.3, -0.25) is 9.59 Å². The molecule has 2 rings (SSSR count). The van der Waals surface area contributed by atoms with Crippen LogP contribution in [0.3, 0.4) is 0 Å². The van der Waals surface area contributed by atoms with Crippen LogP contribution in [0.4, 0.5) is 0 Å². The van der Waals surface area contributed by atoms with Crippen molar-refractivity contribution in [3.05, 3.63) is 53.6 Å². The predicted molar refractivity (Wildman–Crippen MR) is 109 cm³/mol. The van der Waals surface area contributed by atoms with Gasteiger partial charge < -0.3 is 24.3 Å². The fourth-order valence-corrected chi connectivity index (χ4v) is 2.56. The Morgan fingerprint density at radius 2 is 1.73 bits per heavy atom. The number of carbonyl (C=O) groups is 3. The molecular formula is C22H25NO7. The molecule has 8 nitrogen and oxygen atoms in total. The van der Waals surface area contributed by atoms with Crippen molar-refractivity contribution in [1.29, 1.82) is 0 Å². The summed E-state index contributed by atoms with van der Waals surface area (Å²) in [6.07, 6.45) is -0.996. The number of hydrogen-bond acceptors (Lipinski definition) is 7. The van der Waals surface area contributed by atoms with Gasteiger partial charge in [-0.25, -0.2) is 4.79 Å². The van der Waals surface area contributed by atoms with Gasteiger partial charge in [-0.2, -0.15) is 0 Å². The molecule has 0 heterocycles. The highest BCUT2D eigenvalue weighted by Crippen LogP contribution is 2.27. The number of amides is 1. The zero-order chi connectivity index (χ0) is 22.1. The maximum Gasteiger partial charge on any atom is 0.344 e. The van der Waals surface area contributed by atoms with Crippen LogP contribution in [0.15, 0.2) is 42.5 Å². The second-order valence-electron chi connectivity index (χ2n) is 6.41. The van der Waals surface area contributed by atoms with Crippen molar-refractivity contribution in [2.75, 3.05) is 20.8 Å². The highest BCUT2D eigenvalue weighted by Gasteiger charge is 2.18. The fraction of sp³-hybridized carbons (Fsp3) is 0.318. The molecule has 1 N–H and O–H groups in total. The third-order valence-electron chi connectivity index (χ3n) is 4.19. The Labute approximate surface area is 175 Å². The van der Waals surface area contributed by atoms with Gasteiger partial charge in [-0.1, -0.05) is 18.2 Å². The second kappa shape index (κ2) is 10.8. The van der Waals surface area contributed by atoms with Gasteiger partial charge in [-0.15, -0.1) is 0 Å². The molecule has 160 valence electrons. The van der Waals surface area contributed by atoms with E-state index in [2.05, 4.69) is 5.32 Å². The number of carbonyl (C=O) groups excluding carboxylic acids is 3. The standard InChI is InChI=1S/C22H25NO7/c1-14(24)17-6-5-7-18(11-17)29-13-21(25)30-15(2)22(26)23-12-16-8-9-19(27-3)20(10-16)28-4/h5-11,15H,12-13H2,1-4H3,(H,23,26)/t15-/m1/s1. The SMILES string of the molecule is COc1ccc(CNC(=O)[C@@H](C)OC(=O)COc2cccc(C(C)=O)c2)cc1OC. The minimum atomic E-state index is -0.996. The Kier molecular flexibility index (Phi) is 8.22. The van der Waals surface area contributed by atoms with Gasteiger partial charge >= 0.3 is 5.97 Å². The van der Waals surface area contributed by atoms with Gasteiger partial charge in [0.05, 0.1) is 14.2 Å². The molecule has 2 aromatic rings. The molecular weight excluding hydrogens is 390 g/mol. The van der Waals surface area contributed by atoms with Crippen molar-refractivity contribution in [3.8, 4) is 17.2 Å². The van der Waals surface area contributed by atoms with E-state index < -0.39 is 18.0 Å². The highest BCUT2D eigenvalue weighted by molar-refractivity contribution is 5.94. The maximum absolute atomic E-state index is 12.2. The van der Waals surface area contributed by atoms with E-state index in [4.69, 9.17) is 18.9 Å². The first-order valence-electron chi connectivity index (χ1n) is 9.26. The minimum absolute atomic E-state index is 0.109. The molecule has 2 aromatic carbocycles. The Morgan fingerprint density at radius 1 is 1.00 bits per heavy atom. The Bertz CT molecular complexity index is 910. The smallest absolute Gasteiger partial charge is 0.344 e. The van der Waals surface area contributed by atoms with Crippen LogP contribution in [-0.2, 0) is 20.9 Å². The van der Waals surface area contributed by atoms with Crippen LogP contribution in [0.25, 0.3) is 0 Å². The average Bonchev–Trinajstić information content (AvgIpc) is 2.75. The number of methoxy groups -OCH3 is 2. The van der Waals surface area contributed by atoms with Crippen molar-refractivity contribution in [1.82, 2.24) is 5.32 Å². The lowest BCUT2D eigenvalue weighted by atomic mass is 10.1. The summed E-state index contributed by atoms with van der Waals surface area (Å²) in [5, 5.41) is 2.70. The number of benzene rings is 2. The molecule has 0 saturated heterocycles. The molecule has 0 aliphatic carbocycles. The third-order valence-corrected chi connectivity index (χ3v) is 4.19. The van der Waals surface area contributed by atoms with Crippen molar-refractivity contribution >= 4 is 17.7 Å². The number of nitrogens with one attached hydrogen (secondary N) is 1. The highest BCUT2D eigenvalue weighted by atomic mass is 16.6. The number of esters is 1. The predicted octanol–water partition coefficient (Wildman–Crippen LogP) is 2.53. The third kappa shape index (κ3) is 6.51. The van der Waals surface area contributed by atoms with Crippen molar-refractivity contribution < 1.29 is 33.3 Å². The van der Waals surface area contributed by atoms with E-state index in [-0.39, 0.29) is 18.9 Å². The molecule has 0 bridgehead atoms. The molecule has 0 saturated carbocycles. The van der Waals surface area contributed by atoms with Crippen molar-refractivity contribution in [2.24, 2.45) is 0 Å². The lowest BCUT2D eigenvalue weighted by Crippen LogP contribution is -2.36. The Morgan fingerprint density at radius 3 is 2.40 bits per heavy atom. The molecule has 0 unspecified atom stereocenters. The first kappa shape index (κ1) is 22.7. The molecule has 30 heavy (non-hydrogen) atoms. The van der Waals surface area contributed by atoms with Gasteiger partial charge in [0.1, 0.15) is 5.75 Å². The van der Waals surface area contributed by atoms with Crippen LogP contribution in [0.2, 0.25) is 0 Å². The van der Waals surface area contributed by atoms with Crippen LogP contribution < -0.4 is 19.5 Å². The summed E-state index contributed by atoms with van der Waals surface area (Å²) in [5.74, 6) is 0.250. The number of ketones is 1. The monoisotopic (exact) mass is 415 g/mol. The van der Waals surface area contributed by atoms with E-state index in [0.29, 0.717) is 22.8 Å². The summed E-state index contributed by atoms with van der Waals surface area (Å²) in [4.78, 5) is 35.5. The molecule has 1 atom stereocenters. The van der Waals surface area contributed by atoms with E-state index in [9.17, 15) is 14.4 Å². The largest absolute Gasteiger partial charge is 0.493 e. The molecule has 8 heteroatoms. The van der Waals surface area contributed by atoms with E-state index in [1.165, 1.54) is 27.0 Å². The van der Waals surface area contributed by atoms with Crippen molar-refractivity contribution in [2.45, 2.75) is 26.5 Å². The summed E-state index contributed by atoms with van der Waals surface area (Å²) < 4.78 is 20.8. The number of Topliss-reactive ketones (excluding diaryl/α,β-unsaturated/α-hetero) is 1. The Balaban J connectivity index is 1.81. The van der Waals surface area contributed by atoms with E-state index >= 15 is 0 Å². The summed E-state index contributed by atoms with van der Waals surface area (Å²) in [6.45, 7) is 2.76. The Hall–Kier alpha value is -3.55.